The molecule has 12 rings (SSSR count). The van der Waals surface area contributed by atoms with Crippen LogP contribution in [0.25, 0.3) is 0 Å². The van der Waals surface area contributed by atoms with E-state index in [9.17, 15) is 34.5 Å². The SMILES string of the molecule is CC(C)(C)OC(=O)CC[C@H](NC(O)CN)C(=O)NC12C3C4C1C1C2C3C41Cc1ccc([C@@H]2O[C@@H]3C[C@H]4[C@@H]5CCC6=CC(=O)C=C[C@]6(C)[C@H]5[C@@H](O)C[C@]4(C)[C@]3(C(=O)CO)O2)cc1. The molecule has 1 aromatic rings. The van der Waals surface area contributed by atoms with Crippen molar-refractivity contribution in [3.8, 4) is 0 Å². The zero-order chi connectivity index (χ0) is 43.0. The summed E-state index contributed by atoms with van der Waals surface area (Å²) < 4.78 is 19.0. The van der Waals surface area contributed by atoms with Gasteiger partial charge >= 0.3 is 5.97 Å². The summed E-state index contributed by atoms with van der Waals surface area (Å²) in [6.07, 6.45) is 5.94. The Bertz CT molecular complexity index is 2110. The van der Waals surface area contributed by atoms with E-state index in [0.29, 0.717) is 48.3 Å². The third kappa shape index (κ3) is 4.87. The third-order valence-electron chi connectivity index (χ3n) is 18.7. The highest BCUT2D eigenvalue weighted by molar-refractivity contribution is 6.01. The van der Waals surface area contributed by atoms with E-state index in [1.807, 2.05) is 18.2 Å². The van der Waals surface area contributed by atoms with Crippen LogP contribution in [0.15, 0.2) is 48.1 Å². The molecule has 7 N–H and O–H groups in total. The average molecular weight is 840 g/mol. The van der Waals surface area contributed by atoms with Crippen LogP contribution in [0.5, 0.6) is 0 Å². The maximum atomic E-state index is 14.0. The summed E-state index contributed by atoms with van der Waals surface area (Å²) in [5, 5.41) is 39.0. The molecule has 1 aliphatic heterocycles. The molecule has 1 saturated heterocycles. The highest BCUT2D eigenvalue weighted by atomic mass is 16.7. The Morgan fingerprint density at radius 1 is 1.03 bits per heavy atom. The van der Waals surface area contributed by atoms with Gasteiger partial charge in [0.15, 0.2) is 23.5 Å². The van der Waals surface area contributed by atoms with Gasteiger partial charge < -0.3 is 40.6 Å². The average Bonchev–Trinajstić information content (AvgIpc) is 3.72. The summed E-state index contributed by atoms with van der Waals surface area (Å²) in [6.45, 7) is 8.88. The lowest BCUT2D eigenvalue weighted by molar-refractivity contribution is -0.624. The summed E-state index contributed by atoms with van der Waals surface area (Å²) in [5.41, 5.74) is 5.70. The van der Waals surface area contributed by atoms with Gasteiger partial charge in [0.2, 0.25) is 5.91 Å². The Kier molecular flexibility index (Phi) is 8.57. The number of fused-ring (bicyclic) bond motifs is 7. The highest BCUT2D eigenvalue weighted by Gasteiger charge is 3.09. The summed E-state index contributed by atoms with van der Waals surface area (Å²) in [5.74, 6) is 2.23. The number of ketones is 2. The fraction of sp³-hybridized carbons (Fsp3) is 0.708. The number of ether oxygens (including phenoxy) is 3. The van der Waals surface area contributed by atoms with Crippen molar-refractivity contribution in [2.75, 3.05) is 13.2 Å². The summed E-state index contributed by atoms with van der Waals surface area (Å²) in [6, 6.07) is 7.62. The van der Waals surface area contributed by atoms with Crippen molar-refractivity contribution in [2.45, 2.75) is 127 Å². The minimum atomic E-state index is -1.39. The topological polar surface area (TPSA) is 207 Å². The first-order chi connectivity index (χ1) is 28.9. The molecular formula is C48H61N3O10. The predicted octanol–water partition coefficient (Wildman–Crippen LogP) is 2.80. The molecule has 1 amide bonds. The van der Waals surface area contributed by atoms with Crippen molar-refractivity contribution in [1.82, 2.24) is 10.6 Å². The summed E-state index contributed by atoms with van der Waals surface area (Å²) in [4.78, 5) is 52.5. The number of carbonyl (C=O) groups is 4. The Labute approximate surface area is 356 Å². The molecule has 10 fully saturated rings. The second-order valence-electron chi connectivity index (χ2n) is 22.0. The highest BCUT2D eigenvalue weighted by Crippen LogP contribution is 3.07. The van der Waals surface area contributed by atoms with E-state index in [2.05, 4.69) is 36.6 Å². The van der Waals surface area contributed by atoms with Crippen molar-refractivity contribution < 1.29 is 48.7 Å². The Morgan fingerprint density at radius 2 is 1.72 bits per heavy atom. The predicted molar refractivity (Wildman–Crippen MR) is 218 cm³/mol. The van der Waals surface area contributed by atoms with Crippen LogP contribution in [0, 0.1) is 69.5 Å². The van der Waals surface area contributed by atoms with Crippen LogP contribution < -0.4 is 16.4 Å². The molecule has 10 aliphatic carbocycles. The molecular weight excluding hydrogens is 779 g/mol. The van der Waals surface area contributed by atoms with Crippen LogP contribution in [0.1, 0.15) is 90.6 Å². The van der Waals surface area contributed by atoms with Gasteiger partial charge in [-0.25, -0.2) is 0 Å². The number of nitrogens with one attached hydrogen (secondary N) is 2. The van der Waals surface area contributed by atoms with Crippen molar-refractivity contribution in [3.05, 3.63) is 59.2 Å². The number of carbonyl (C=O) groups excluding carboxylic acids is 4. The number of hydrogen-bond donors (Lipinski definition) is 6. The molecule has 0 bridgehead atoms. The van der Waals surface area contributed by atoms with E-state index in [4.69, 9.17) is 19.9 Å². The maximum absolute atomic E-state index is 14.0. The Balaban J connectivity index is 0.748. The van der Waals surface area contributed by atoms with Gasteiger partial charge in [-0.2, -0.15) is 0 Å². The smallest absolute Gasteiger partial charge is 0.306 e. The number of amides is 1. The van der Waals surface area contributed by atoms with Gasteiger partial charge in [-0.15, -0.1) is 0 Å². The van der Waals surface area contributed by atoms with Crippen LogP contribution >= 0.6 is 0 Å². The quantitative estimate of drug-likeness (QED) is 0.125. The molecule has 1 aromatic carbocycles. The molecule has 0 spiro atoms. The van der Waals surface area contributed by atoms with Gasteiger partial charge in [0.05, 0.1) is 23.8 Å². The number of aliphatic hydroxyl groups excluding tert-OH is 3. The molecule has 0 radical (unpaired) electrons. The lowest BCUT2D eigenvalue weighted by Gasteiger charge is -3.11. The second kappa shape index (κ2) is 12.9. The minimum Gasteiger partial charge on any atom is -0.460 e. The number of allylic oxidation sites excluding steroid dienone is 4. The first-order valence-corrected chi connectivity index (χ1v) is 22.8. The normalized spacial score (nSPS) is 47.9. The molecule has 11 atom stereocenters. The zero-order valence-corrected chi connectivity index (χ0v) is 35.8. The van der Waals surface area contributed by atoms with Gasteiger partial charge in [0.1, 0.15) is 18.4 Å². The van der Waals surface area contributed by atoms with Crippen molar-refractivity contribution in [2.24, 2.45) is 75.2 Å². The van der Waals surface area contributed by atoms with E-state index in [-0.39, 0.29) is 65.8 Å². The van der Waals surface area contributed by atoms with E-state index in [1.54, 1.807) is 32.9 Å². The second-order valence-corrected chi connectivity index (χ2v) is 22.0. The Hall–Kier alpha value is -3.30. The fourth-order valence-electron chi connectivity index (χ4n) is 16.9. The maximum Gasteiger partial charge on any atom is 0.306 e. The molecule has 1 unspecified atom stereocenters. The van der Waals surface area contributed by atoms with E-state index >= 15 is 0 Å². The van der Waals surface area contributed by atoms with Gasteiger partial charge in [0.25, 0.3) is 0 Å². The van der Waals surface area contributed by atoms with Gasteiger partial charge in [-0.05, 0) is 130 Å². The summed E-state index contributed by atoms with van der Waals surface area (Å²) in [7, 11) is 0. The first kappa shape index (κ1) is 40.5. The zero-order valence-electron chi connectivity index (χ0n) is 35.8. The first-order valence-electron chi connectivity index (χ1n) is 22.8. The van der Waals surface area contributed by atoms with Crippen molar-refractivity contribution in [3.63, 3.8) is 0 Å². The van der Waals surface area contributed by atoms with Gasteiger partial charge in [0, 0.05) is 35.3 Å². The van der Waals surface area contributed by atoms with Crippen molar-refractivity contribution >= 4 is 23.4 Å². The Morgan fingerprint density at radius 3 is 2.36 bits per heavy atom. The van der Waals surface area contributed by atoms with E-state index < -0.39 is 65.2 Å². The molecule has 11 aliphatic rings. The fourth-order valence-corrected chi connectivity index (χ4v) is 16.9. The molecule has 0 aromatic heterocycles. The lowest BCUT2D eigenvalue weighted by atomic mass is 8.94. The van der Waals surface area contributed by atoms with Gasteiger partial charge in [-0.1, -0.05) is 49.8 Å². The monoisotopic (exact) mass is 839 g/mol. The van der Waals surface area contributed by atoms with Crippen LogP contribution in [-0.4, -0.2) is 93.1 Å². The van der Waals surface area contributed by atoms with Crippen molar-refractivity contribution in [1.29, 1.82) is 0 Å². The number of nitrogens with two attached hydrogens (primary N) is 1. The molecule has 1 heterocycles. The molecule has 328 valence electrons. The van der Waals surface area contributed by atoms with Crippen LogP contribution in [0.4, 0.5) is 0 Å². The largest absolute Gasteiger partial charge is 0.460 e. The number of aliphatic hydroxyl groups is 3. The van der Waals surface area contributed by atoms with E-state index in [1.165, 1.54) is 5.56 Å². The molecule has 61 heavy (non-hydrogen) atoms. The molecule has 9 saturated carbocycles. The van der Waals surface area contributed by atoms with Crippen LogP contribution in [0.2, 0.25) is 0 Å². The molecule has 13 nitrogen and oxygen atoms in total. The minimum absolute atomic E-state index is 0.00931. The number of hydrogen-bond acceptors (Lipinski definition) is 12. The van der Waals surface area contributed by atoms with Crippen LogP contribution in [0.3, 0.4) is 0 Å². The third-order valence-corrected chi connectivity index (χ3v) is 18.7. The molecule has 13 heteroatoms. The number of esters is 1. The van der Waals surface area contributed by atoms with Crippen LogP contribution in [-0.2, 0) is 39.8 Å². The number of rotatable bonds is 13. The lowest BCUT2D eigenvalue weighted by Crippen LogP contribution is -3.15. The van der Waals surface area contributed by atoms with Gasteiger partial charge in [-0.3, -0.25) is 24.5 Å². The summed E-state index contributed by atoms with van der Waals surface area (Å²) >= 11 is 0. The number of benzene rings is 1. The number of Topliss-reactive ketones (excluding diaryl/α,β-unsaturated/α-hetero) is 1. The van der Waals surface area contributed by atoms with E-state index in [0.717, 1.165) is 30.4 Å². The standard InChI is InChI=1S/C48H61N3O10/c1-43(2,3)60-33(57)13-12-28(50-32(56)20-49)41(58)51-47-38-35-39(47)37-40(47)36(38)46(35,37)18-22-6-8-23(9-7-22)42-59-31-17-27-26-11-10-24-16-25(53)14-15-44(24,4)34(26)29(54)19-45(27,5)48(31,61-42)30(55)21-52/h6-9,14-16,26-29,31-32,34-40,42,50,52,54,56H,10-13,17-21,49H2,1-5H3,(H,51,58)/t26-,27-,28-,29-,31+,32?,34+,35?,36?,37?,38?,39?,40?,42+,44-,45-,46?,47?,48+/m0/s1.